The fourth-order valence-electron chi connectivity index (χ4n) is 0.852. The second-order valence-corrected chi connectivity index (χ2v) is 2.66. The molecule has 0 N–H and O–H groups in total. The molecule has 2 radical (unpaired) electrons. The van der Waals surface area contributed by atoms with Crippen molar-refractivity contribution >= 4 is 15.8 Å². The first kappa shape index (κ1) is 8.08. The van der Waals surface area contributed by atoms with Crippen LogP contribution < -0.4 is 4.43 Å². The third-order valence-electron chi connectivity index (χ3n) is 1.35. The van der Waals surface area contributed by atoms with Crippen LogP contribution in [0.2, 0.25) is 6.55 Å². The van der Waals surface area contributed by atoms with Gasteiger partial charge in [-0.3, -0.25) is 0 Å². The van der Waals surface area contributed by atoms with E-state index < -0.39 is 0 Å². The maximum atomic E-state index is 5.38. The Morgan fingerprint density at radius 1 is 1.45 bits per heavy atom. The number of hydrogen-bond acceptors (Lipinski definition) is 1. The summed E-state index contributed by atoms with van der Waals surface area (Å²) in [5, 5.41) is 0. The minimum Gasteiger partial charge on any atom is -0.541 e. The molecule has 0 aliphatic carbocycles. The largest absolute Gasteiger partial charge is 0.541 e. The molecule has 0 fully saturated rings. The first-order valence-corrected chi connectivity index (χ1v) is 4.84. The van der Waals surface area contributed by atoms with Gasteiger partial charge in [0.25, 0.3) is 0 Å². The van der Waals surface area contributed by atoms with Gasteiger partial charge >= 0.3 is 9.76 Å². The first-order valence-electron chi connectivity index (χ1n) is 3.43. The van der Waals surface area contributed by atoms with E-state index in [0.717, 1.165) is 11.3 Å². The van der Waals surface area contributed by atoms with Crippen molar-refractivity contribution in [2.75, 3.05) is 0 Å². The third-order valence-corrected chi connectivity index (χ3v) is 1.77. The highest BCUT2D eigenvalue weighted by Gasteiger charge is 1.95. The molecule has 0 heterocycles. The third kappa shape index (κ3) is 1.95. The van der Waals surface area contributed by atoms with Crippen LogP contribution in [-0.4, -0.2) is 9.76 Å². The van der Waals surface area contributed by atoms with Gasteiger partial charge in [0, 0.05) is 5.56 Å². The van der Waals surface area contributed by atoms with Gasteiger partial charge in [-0.15, -0.1) is 0 Å². The molecule has 56 valence electrons. The monoisotopic (exact) mass is 162 g/mol. The lowest BCUT2D eigenvalue weighted by Gasteiger charge is -2.04. The zero-order chi connectivity index (χ0) is 8.10. The van der Waals surface area contributed by atoms with E-state index in [1.165, 1.54) is 0 Å². The van der Waals surface area contributed by atoms with Crippen LogP contribution in [0, 0.1) is 0 Å². The van der Waals surface area contributed by atoms with Crippen molar-refractivity contribution < 1.29 is 4.43 Å². The summed E-state index contributed by atoms with van der Waals surface area (Å²) in [6.07, 6.45) is 1.80. The second kappa shape index (κ2) is 3.98. The SMILES string of the molecule is C=Cc1ccccc1O[Si]C. The number of hydrogen-bond donors (Lipinski definition) is 0. The van der Waals surface area contributed by atoms with Gasteiger partial charge in [0.2, 0.25) is 0 Å². The Morgan fingerprint density at radius 3 is 2.82 bits per heavy atom. The normalized spacial score (nSPS) is 9.18. The van der Waals surface area contributed by atoms with E-state index in [1.807, 2.05) is 30.8 Å². The van der Waals surface area contributed by atoms with Crippen LogP contribution in [0.5, 0.6) is 5.75 Å². The molecule has 11 heavy (non-hydrogen) atoms. The van der Waals surface area contributed by atoms with Gasteiger partial charge in [-0.1, -0.05) is 30.9 Å². The summed E-state index contributed by atoms with van der Waals surface area (Å²) in [4.78, 5) is 0. The summed E-state index contributed by atoms with van der Waals surface area (Å²) in [6, 6.07) is 7.88. The topological polar surface area (TPSA) is 9.23 Å². The highest BCUT2D eigenvalue weighted by Crippen LogP contribution is 2.17. The number of benzene rings is 1. The molecule has 0 saturated carbocycles. The van der Waals surface area contributed by atoms with Gasteiger partial charge in [-0.25, -0.2) is 0 Å². The highest BCUT2D eigenvalue weighted by atomic mass is 28.2. The molecule has 2 heteroatoms. The second-order valence-electron chi connectivity index (χ2n) is 2.05. The van der Waals surface area contributed by atoms with Crippen molar-refractivity contribution in [1.29, 1.82) is 0 Å². The van der Waals surface area contributed by atoms with Crippen molar-refractivity contribution in [2.45, 2.75) is 6.55 Å². The predicted molar refractivity (Wildman–Crippen MR) is 48.8 cm³/mol. The molecular weight excluding hydrogens is 152 g/mol. The molecular formula is C9H10OSi. The van der Waals surface area contributed by atoms with Gasteiger partial charge in [0.15, 0.2) is 0 Å². The fourth-order valence-corrected chi connectivity index (χ4v) is 1.26. The van der Waals surface area contributed by atoms with Crippen LogP contribution in [0.1, 0.15) is 5.56 Å². The number of para-hydroxylation sites is 1. The maximum absolute atomic E-state index is 5.38. The summed E-state index contributed by atoms with van der Waals surface area (Å²) in [7, 11) is 0.487. The van der Waals surface area contributed by atoms with Crippen LogP contribution in [0.25, 0.3) is 6.08 Å². The molecule has 0 amide bonds. The Labute approximate surface area is 69.6 Å². The Bertz CT molecular complexity index is 245. The van der Waals surface area contributed by atoms with E-state index in [0.29, 0.717) is 9.76 Å². The quantitative estimate of drug-likeness (QED) is 0.620. The zero-order valence-electron chi connectivity index (χ0n) is 6.50. The summed E-state index contributed by atoms with van der Waals surface area (Å²) >= 11 is 0. The minimum absolute atomic E-state index is 0.487. The summed E-state index contributed by atoms with van der Waals surface area (Å²) < 4.78 is 5.38. The first-order chi connectivity index (χ1) is 5.38. The molecule has 1 aromatic rings. The highest BCUT2D eigenvalue weighted by molar-refractivity contribution is 6.26. The zero-order valence-corrected chi connectivity index (χ0v) is 7.50. The Kier molecular flexibility index (Phi) is 2.92. The Balaban J connectivity index is 2.92. The molecule has 0 spiro atoms. The van der Waals surface area contributed by atoms with E-state index >= 15 is 0 Å². The molecule has 1 nitrogen and oxygen atoms in total. The summed E-state index contributed by atoms with van der Waals surface area (Å²) in [5.41, 5.74) is 1.06. The molecule has 0 unspecified atom stereocenters. The minimum atomic E-state index is 0.487. The average Bonchev–Trinajstić information content (AvgIpc) is 2.06. The van der Waals surface area contributed by atoms with Crippen LogP contribution in [-0.2, 0) is 0 Å². The lowest BCUT2D eigenvalue weighted by Crippen LogP contribution is -1.96. The molecule has 0 aromatic heterocycles. The van der Waals surface area contributed by atoms with Crippen LogP contribution >= 0.6 is 0 Å². The van der Waals surface area contributed by atoms with Gasteiger partial charge < -0.3 is 4.43 Å². The molecule has 0 bridgehead atoms. The van der Waals surface area contributed by atoms with E-state index in [4.69, 9.17) is 4.43 Å². The molecule has 0 aliphatic rings. The van der Waals surface area contributed by atoms with Crippen molar-refractivity contribution in [2.24, 2.45) is 0 Å². The van der Waals surface area contributed by atoms with Crippen molar-refractivity contribution in [3.8, 4) is 5.75 Å². The standard InChI is InChI=1S/C9H10OSi/c1-3-8-6-4-5-7-9(8)10-11-2/h3-7H,1H2,2H3. The van der Waals surface area contributed by atoms with Crippen molar-refractivity contribution in [3.63, 3.8) is 0 Å². The molecule has 0 atom stereocenters. The molecule has 0 saturated heterocycles. The number of rotatable bonds is 3. The average molecular weight is 162 g/mol. The summed E-state index contributed by atoms with van der Waals surface area (Å²) in [6.45, 7) is 5.70. The van der Waals surface area contributed by atoms with Crippen LogP contribution in [0.3, 0.4) is 0 Å². The molecule has 1 aromatic carbocycles. The van der Waals surface area contributed by atoms with E-state index in [-0.39, 0.29) is 0 Å². The van der Waals surface area contributed by atoms with Crippen molar-refractivity contribution in [1.82, 2.24) is 0 Å². The van der Waals surface area contributed by atoms with Crippen molar-refractivity contribution in [3.05, 3.63) is 36.4 Å². The van der Waals surface area contributed by atoms with Crippen LogP contribution in [0.4, 0.5) is 0 Å². The lowest BCUT2D eigenvalue weighted by molar-refractivity contribution is 0.598. The van der Waals surface area contributed by atoms with Gasteiger partial charge in [0.1, 0.15) is 5.75 Å². The predicted octanol–water partition coefficient (Wildman–Crippen LogP) is 2.38. The molecule has 1 rings (SSSR count). The Hall–Kier alpha value is -1.02. The van der Waals surface area contributed by atoms with Gasteiger partial charge in [-0.05, 0) is 12.6 Å². The Morgan fingerprint density at radius 2 is 2.18 bits per heavy atom. The molecule has 0 aliphatic heterocycles. The van der Waals surface area contributed by atoms with Gasteiger partial charge in [-0.2, -0.15) is 0 Å². The van der Waals surface area contributed by atoms with E-state index in [1.54, 1.807) is 6.08 Å². The summed E-state index contributed by atoms with van der Waals surface area (Å²) in [5.74, 6) is 0.920. The smallest absolute Gasteiger partial charge is 0.307 e. The van der Waals surface area contributed by atoms with Gasteiger partial charge in [0.05, 0.1) is 0 Å². The lowest BCUT2D eigenvalue weighted by atomic mass is 10.2. The maximum Gasteiger partial charge on any atom is 0.307 e. The van der Waals surface area contributed by atoms with Crippen LogP contribution in [0.15, 0.2) is 30.8 Å². The fraction of sp³-hybridized carbons (Fsp3) is 0.111. The van der Waals surface area contributed by atoms with E-state index in [2.05, 4.69) is 6.58 Å². The van der Waals surface area contributed by atoms with E-state index in [9.17, 15) is 0 Å².